The van der Waals surface area contributed by atoms with Crippen LogP contribution in [0.2, 0.25) is 0 Å². The van der Waals surface area contributed by atoms with Crippen LogP contribution in [0.3, 0.4) is 0 Å². The number of fused-ring (bicyclic) bond motifs is 1. The smallest absolute Gasteiger partial charge is 0.211 e. The second kappa shape index (κ2) is 5.44. The average Bonchev–Trinajstić information content (AvgIpc) is 2.89. The molecule has 1 aromatic carbocycles. The van der Waals surface area contributed by atoms with Crippen molar-refractivity contribution in [3.63, 3.8) is 0 Å². The van der Waals surface area contributed by atoms with Crippen LogP contribution in [0.4, 0.5) is 0 Å². The van der Waals surface area contributed by atoms with E-state index >= 15 is 0 Å². The van der Waals surface area contributed by atoms with Crippen molar-refractivity contribution in [1.82, 2.24) is 9.29 Å². The predicted molar refractivity (Wildman–Crippen MR) is 84.7 cm³/mol. The number of nitrogens with one attached hydrogen (secondary N) is 1. The first-order valence-electron chi connectivity index (χ1n) is 7.23. The van der Waals surface area contributed by atoms with Crippen molar-refractivity contribution in [1.29, 1.82) is 0 Å². The highest BCUT2D eigenvalue weighted by atomic mass is 32.2. The number of hydrogen-bond donors (Lipinski definition) is 2. The number of sulfonamides is 1. The van der Waals surface area contributed by atoms with Crippen LogP contribution >= 0.6 is 0 Å². The van der Waals surface area contributed by atoms with Gasteiger partial charge in [0, 0.05) is 36.2 Å². The molecule has 2 aromatic rings. The molecule has 1 aromatic heterocycles. The van der Waals surface area contributed by atoms with Gasteiger partial charge in [-0.25, -0.2) is 8.42 Å². The third-order valence-corrected chi connectivity index (χ3v) is 5.75. The minimum atomic E-state index is -3.18. The van der Waals surface area contributed by atoms with Crippen LogP contribution in [0, 0.1) is 0 Å². The van der Waals surface area contributed by atoms with Gasteiger partial charge in [0.25, 0.3) is 0 Å². The Labute approximate surface area is 125 Å². The van der Waals surface area contributed by atoms with Gasteiger partial charge in [0.05, 0.1) is 6.26 Å². The summed E-state index contributed by atoms with van der Waals surface area (Å²) in [7, 11) is -3.18. The van der Waals surface area contributed by atoms with Gasteiger partial charge in [0.2, 0.25) is 10.0 Å². The third kappa shape index (κ3) is 2.71. The van der Waals surface area contributed by atoms with E-state index in [4.69, 9.17) is 5.73 Å². The Morgan fingerprint density at radius 2 is 2.14 bits per heavy atom. The van der Waals surface area contributed by atoms with Gasteiger partial charge < -0.3 is 10.7 Å². The number of benzene rings is 1. The molecule has 0 bridgehead atoms. The third-order valence-electron chi connectivity index (χ3n) is 4.42. The van der Waals surface area contributed by atoms with Crippen molar-refractivity contribution in [3.8, 4) is 0 Å². The molecule has 3 N–H and O–H groups in total. The van der Waals surface area contributed by atoms with Crippen LogP contribution < -0.4 is 5.73 Å². The maximum atomic E-state index is 11.8. The summed E-state index contributed by atoms with van der Waals surface area (Å²) in [5.41, 5.74) is 8.21. The van der Waals surface area contributed by atoms with Gasteiger partial charge in [0.1, 0.15) is 0 Å². The Morgan fingerprint density at radius 3 is 2.86 bits per heavy atom. The van der Waals surface area contributed by atoms with E-state index in [9.17, 15) is 8.42 Å². The molecule has 2 unspecified atom stereocenters. The summed E-state index contributed by atoms with van der Waals surface area (Å²) < 4.78 is 25.2. The Morgan fingerprint density at radius 1 is 1.38 bits per heavy atom. The lowest BCUT2D eigenvalue weighted by atomic mass is 9.86. The van der Waals surface area contributed by atoms with E-state index in [2.05, 4.69) is 23.3 Å². The first-order valence-corrected chi connectivity index (χ1v) is 9.08. The largest absolute Gasteiger partial charge is 0.361 e. The van der Waals surface area contributed by atoms with Gasteiger partial charge in [-0.3, -0.25) is 0 Å². The summed E-state index contributed by atoms with van der Waals surface area (Å²) in [6, 6.07) is 8.11. The molecule has 1 fully saturated rings. The highest BCUT2D eigenvalue weighted by molar-refractivity contribution is 7.88. The number of nitrogens with zero attached hydrogens (tertiary/aromatic N) is 1. The first-order chi connectivity index (χ1) is 10.0. The quantitative estimate of drug-likeness (QED) is 0.904. The second-order valence-corrected chi connectivity index (χ2v) is 7.71. The minimum absolute atomic E-state index is 0.104. The highest BCUT2D eigenvalue weighted by Crippen LogP contribution is 2.36. The molecule has 1 aliphatic rings. The van der Waals surface area contributed by atoms with Gasteiger partial charge in [0.15, 0.2) is 0 Å². The lowest BCUT2D eigenvalue weighted by molar-refractivity contribution is 0.238. The summed E-state index contributed by atoms with van der Waals surface area (Å²) in [4.78, 5) is 3.30. The normalized spacial score (nSPS) is 24.5. The zero-order valence-corrected chi connectivity index (χ0v) is 12.9. The summed E-state index contributed by atoms with van der Waals surface area (Å²) in [6.45, 7) is 0.913. The molecule has 1 saturated heterocycles. The fourth-order valence-corrected chi connectivity index (χ4v) is 4.54. The molecule has 2 atom stereocenters. The molecule has 0 radical (unpaired) electrons. The summed E-state index contributed by atoms with van der Waals surface area (Å²) in [5, 5.41) is 1.23. The van der Waals surface area contributed by atoms with Crippen molar-refractivity contribution in [3.05, 3.63) is 36.0 Å². The fourth-order valence-electron chi connectivity index (χ4n) is 3.39. The SMILES string of the molecule is CS(=O)(=O)N1CCC(c2c[nH]c3ccccc23)CC1CN. The van der Waals surface area contributed by atoms with Crippen LogP contribution in [-0.2, 0) is 10.0 Å². The number of aromatic nitrogens is 1. The van der Waals surface area contributed by atoms with E-state index in [1.807, 2.05) is 12.1 Å². The number of H-pyrrole nitrogens is 1. The molecule has 3 rings (SSSR count). The highest BCUT2D eigenvalue weighted by Gasteiger charge is 2.34. The van der Waals surface area contributed by atoms with E-state index in [-0.39, 0.29) is 6.04 Å². The van der Waals surface area contributed by atoms with Crippen LogP contribution in [-0.4, -0.2) is 43.1 Å². The molecule has 0 spiro atoms. The summed E-state index contributed by atoms with van der Waals surface area (Å²) in [6.07, 6.45) is 4.94. The number of piperidine rings is 1. The Kier molecular flexibility index (Phi) is 3.77. The number of hydrogen-bond acceptors (Lipinski definition) is 3. The van der Waals surface area contributed by atoms with Crippen molar-refractivity contribution in [2.45, 2.75) is 24.8 Å². The van der Waals surface area contributed by atoms with Crippen LogP contribution in [0.15, 0.2) is 30.5 Å². The van der Waals surface area contributed by atoms with Crippen LogP contribution in [0.1, 0.15) is 24.3 Å². The molecule has 0 saturated carbocycles. The molecule has 0 amide bonds. The van der Waals surface area contributed by atoms with E-state index in [0.29, 0.717) is 19.0 Å². The first kappa shape index (κ1) is 14.6. The molecule has 2 heterocycles. The fraction of sp³-hybridized carbons (Fsp3) is 0.467. The monoisotopic (exact) mass is 307 g/mol. The minimum Gasteiger partial charge on any atom is -0.361 e. The molecule has 114 valence electrons. The number of aromatic amines is 1. The predicted octanol–water partition coefficient (Wildman–Crippen LogP) is 1.63. The Balaban J connectivity index is 1.89. The van der Waals surface area contributed by atoms with Crippen molar-refractivity contribution >= 4 is 20.9 Å². The topological polar surface area (TPSA) is 79.2 Å². The molecule has 21 heavy (non-hydrogen) atoms. The van der Waals surface area contributed by atoms with Crippen LogP contribution in [0.5, 0.6) is 0 Å². The molecule has 6 heteroatoms. The lowest BCUT2D eigenvalue weighted by Gasteiger charge is -2.37. The van der Waals surface area contributed by atoms with Crippen molar-refractivity contribution in [2.75, 3.05) is 19.3 Å². The van der Waals surface area contributed by atoms with Gasteiger partial charge in [-0.2, -0.15) is 4.31 Å². The van der Waals surface area contributed by atoms with Crippen molar-refractivity contribution < 1.29 is 8.42 Å². The van der Waals surface area contributed by atoms with Gasteiger partial charge >= 0.3 is 0 Å². The van der Waals surface area contributed by atoms with Crippen LogP contribution in [0.25, 0.3) is 10.9 Å². The number of para-hydroxylation sites is 1. The zero-order chi connectivity index (χ0) is 15.0. The zero-order valence-electron chi connectivity index (χ0n) is 12.1. The average molecular weight is 307 g/mol. The maximum absolute atomic E-state index is 11.8. The molecule has 0 aliphatic carbocycles. The number of rotatable bonds is 3. The lowest BCUT2D eigenvalue weighted by Crippen LogP contribution is -2.48. The Bertz CT molecular complexity index is 738. The van der Waals surface area contributed by atoms with E-state index in [0.717, 1.165) is 18.4 Å². The maximum Gasteiger partial charge on any atom is 0.211 e. The van der Waals surface area contributed by atoms with E-state index in [1.165, 1.54) is 17.2 Å². The molecular weight excluding hydrogens is 286 g/mol. The second-order valence-electron chi connectivity index (χ2n) is 5.77. The Hall–Kier alpha value is -1.37. The summed E-state index contributed by atoms with van der Waals surface area (Å²) >= 11 is 0. The van der Waals surface area contributed by atoms with Gasteiger partial charge in [-0.05, 0) is 30.4 Å². The van der Waals surface area contributed by atoms with E-state index in [1.54, 1.807) is 4.31 Å². The van der Waals surface area contributed by atoms with Crippen molar-refractivity contribution in [2.24, 2.45) is 5.73 Å². The standard InChI is InChI=1S/C15H21N3O2S/c1-21(19,20)18-7-6-11(8-12(18)9-16)14-10-17-15-5-3-2-4-13(14)15/h2-5,10-12,17H,6-9,16H2,1H3. The molecule has 5 nitrogen and oxygen atoms in total. The molecular formula is C15H21N3O2S. The molecule has 1 aliphatic heterocycles. The summed E-state index contributed by atoms with van der Waals surface area (Å²) in [5.74, 6) is 0.354. The van der Waals surface area contributed by atoms with Gasteiger partial charge in [-0.1, -0.05) is 18.2 Å². The number of nitrogens with two attached hydrogens (primary N) is 1. The van der Waals surface area contributed by atoms with Gasteiger partial charge in [-0.15, -0.1) is 0 Å². The van der Waals surface area contributed by atoms with E-state index < -0.39 is 10.0 Å².